The predicted octanol–water partition coefficient (Wildman–Crippen LogP) is 6.76. The molecule has 0 radical (unpaired) electrons. The van der Waals surface area contributed by atoms with Crippen molar-refractivity contribution in [3.63, 3.8) is 0 Å². The van der Waals surface area contributed by atoms with E-state index in [0.717, 1.165) is 18.4 Å². The fraction of sp³-hybridized carbons (Fsp3) is 0.619. The van der Waals surface area contributed by atoms with E-state index in [-0.39, 0.29) is 5.82 Å². The van der Waals surface area contributed by atoms with E-state index >= 15 is 0 Å². The third-order valence-electron chi connectivity index (χ3n) is 5.53. The molecule has 0 amide bonds. The quantitative estimate of drug-likeness (QED) is 0.525. The highest BCUT2D eigenvalue weighted by atomic mass is 19.1. The maximum Gasteiger partial charge on any atom is 0.123 e. The van der Waals surface area contributed by atoms with E-state index in [2.05, 4.69) is 6.92 Å². The molecule has 2 rings (SSSR count). The Balaban J connectivity index is 2.09. The van der Waals surface area contributed by atoms with Gasteiger partial charge < -0.3 is 5.11 Å². The van der Waals surface area contributed by atoms with Crippen molar-refractivity contribution in [2.75, 3.05) is 0 Å². The highest BCUT2D eigenvalue weighted by Crippen LogP contribution is 2.46. The summed E-state index contributed by atoms with van der Waals surface area (Å²) in [6, 6.07) is 7.16. The first-order valence-corrected chi connectivity index (χ1v) is 9.21. The van der Waals surface area contributed by atoms with Crippen molar-refractivity contribution < 1.29 is 9.50 Å². The van der Waals surface area contributed by atoms with Crippen LogP contribution in [0.3, 0.4) is 0 Å². The summed E-state index contributed by atoms with van der Waals surface area (Å²) in [5, 5.41) is 9.15. The molecule has 3 unspecified atom stereocenters. The fourth-order valence-corrected chi connectivity index (χ4v) is 4.19. The first-order valence-electron chi connectivity index (χ1n) is 9.21. The van der Waals surface area contributed by atoms with Gasteiger partial charge in [-0.05, 0) is 73.6 Å². The lowest BCUT2D eigenvalue weighted by Gasteiger charge is -2.29. The Labute approximate surface area is 140 Å². The summed E-state index contributed by atoms with van der Waals surface area (Å²) in [5.74, 6) is 1.85. The van der Waals surface area contributed by atoms with E-state index < -0.39 is 0 Å². The number of benzene rings is 1. The molecule has 0 saturated heterocycles. The van der Waals surface area contributed by atoms with Gasteiger partial charge in [0.1, 0.15) is 5.82 Å². The number of aliphatic hydroxyl groups excluding tert-OH is 1. The van der Waals surface area contributed by atoms with Crippen LogP contribution >= 0.6 is 0 Å². The van der Waals surface area contributed by atoms with Crippen LogP contribution in [0.25, 0.3) is 0 Å². The smallest absolute Gasteiger partial charge is 0.123 e. The lowest BCUT2D eigenvalue weighted by Crippen LogP contribution is -2.18. The second-order valence-corrected chi connectivity index (χ2v) is 7.17. The van der Waals surface area contributed by atoms with E-state index in [9.17, 15) is 4.39 Å². The monoisotopic (exact) mass is 318 g/mol. The summed E-state index contributed by atoms with van der Waals surface area (Å²) in [6.45, 7) is 4.25. The Morgan fingerprint density at radius 2 is 2.00 bits per heavy atom. The summed E-state index contributed by atoms with van der Waals surface area (Å²) in [4.78, 5) is 0. The molecule has 0 aromatic heterocycles. The second kappa shape index (κ2) is 9.10. The Bertz CT molecular complexity index is 491. The molecule has 1 nitrogen and oxygen atoms in total. The minimum atomic E-state index is -0.144. The maximum atomic E-state index is 13.2. The highest BCUT2D eigenvalue weighted by Gasteiger charge is 2.33. The van der Waals surface area contributed by atoms with Crippen LogP contribution in [0.15, 0.2) is 36.1 Å². The third-order valence-corrected chi connectivity index (χ3v) is 5.53. The van der Waals surface area contributed by atoms with Gasteiger partial charge in [-0.15, -0.1) is 0 Å². The van der Waals surface area contributed by atoms with Gasteiger partial charge >= 0.3 is 0 Å². The van der Waals surface area contributed by atoms with E-state index in [1.54, 1.807) is 12.1 Å². The van der Waals surface area contributed by atoms with E-state index in [1.807, 2.05) is 19.1 Å². The van der Waals surface area contributed by atoms with Crippen LogP contribution in [-0.4, -0.2) is 5.11 Å². The Morgan fingerprint density at radius 1 is 1.26 bits per heavy atom. The van der Waals surface area contributed by atoms with Crippen LogP contribution in [0.1, 0.15) is 76.7 Å². The molecule has 1 aliphatic rings. The average molecular weight is 318 g/mol. The molecule has 1 fully saturated rings. The Hall–Kier alpha value is -1.31. The number of allylic oxidation sites excluding steroid dienone is 1. The first kappa shape index (κ1) is 18.0. The van der Waals surface area contributed by atoms with Gasteiger partial charge in [0, 0.05) is 0 Å². The number of rotatable bonds is 8. The molecule has 0 bridgehead atoms. The molecule has 1 aromatic rings. The number of unbranched alkanes of at least 4 members (excludes halogenated alkanes) is 1. The summed E-state index contributed by atoms with van der Waals surface area (Å²) >= 11 is 0. The molecule has 1 saturated carbocycles. The van der Waals surface area contributed by atoms with Crippen LogP contribution < -0.4 is 0 Å². The number of hydrogen-bond acceptors (Lipinski definition) is 1. The molecule has 1 aromatic carbocycles. The van der Waals surface area contributed by atoms with Gasteiger partial charge in [0.15, 0.2) is 0 Å². The molecule has 128 valence electrons. The van der Waals surface area contributed by atoms with Gasteiger partial charge in [-0.3, -0.25) is 0 Å². The molecule has 1 N–H and O–H groups in total. The van der Waals surface area contributed by atoms with Crippen LogP contribution in [-0.2, 0) is 0 Å². The molecule has 2 heteroatoms. The fourth-order valence-electron chi connectivity index (χ4n) is 4.19. The van der Waals surface area contributed by atoms with Crippen LogP contribution in [0.4, 0.5) is 4.39 Å². The lowest BCUT2D eigenvalue weighted by molar-refractivity contribution is 0.268. The van der Waals surface area contributed by atoms with E-state index in [4.69, 9.17) is 5.11 Å². The standard InChI is InChI=1S/C21H31FO/c1-3-4-6-17(10-9-16(2)15-23)20-7-5-8-21(20)18-11-13-19(22)14-12-18/h11-15,17,20-21,23H,3-10H2,1-2H3. The van der Waals surface area contributed by atoms with Gasteiger partial charge in [-0.2, -0.15) is 0 Å². The highest BCUT2D eigenvalue weighted by molar-refractivity contribution is 5.22. The van der Waals surface area contributed by atoms with Crippen molar-refractivity contribution in [3.8, 4) is 0 Å². The van der Waals surface area contributed by atoms with Crippen LogP contribution in [0.5, 0.6) is 0 Å². The zero-order chi connectivity index (χ0) is 16.7. The molecule has 0 heterocycles. The molecule has 3 atom stereocenters. The average Bonchev–Trinajstić information content (AvgIpc) is 3.04. The van der Waals surface area contributed by atoms with Gasteiger partial charge in [0.25, 0.3) is 0 Å². The predicted molar refractivity (Wildman–Crippen MR) is 95.1 cm³/mol. The summed E-state index contributed by atoms with van der Waals surface area (Å²) in [7, 11) is 0. The molecule has 0 spiro atoms. The SMILES string of the molecule is CCCCC(CCC(C)=CO)C1CCCC1c1ccc(F)cc1. The zero-order valence-electron chi connectivity index (χ0n) is 14.6. The lowest BCUT2D eigenvalue weighted by atomic mass is 9.75. The summed E-state index contributed by atoms with van der Waals surface area (Å²) in [5.41, 5.74) is 2.38. The van der Waals surface area contributed by atoms with Gasteiger partial charge in [0.2, 0.25) is 0 Å². The van der Waals surface area contributed by atoms with Crippen molar-refractivity contribution >= 4 is 0 Å². The number of halogens is 1. The normalized spacial score (nSPS) is 23.2. The minimum Gasteiger partial charge on any atom is -0.516 e. The largest absolute Gasteiger partial charge is 0.516 e. The van der Waals surface area contributed by atoms with Gasteiger partial charge in [-0.25, -0.2) is 4.39 Å². The van der Waals surface area contributed by atoms with Crippen molar-refractivity contribution in [1.29, 1.82) is 0 Å². The van der Waals surface area contributed by atoms with E-state index in [0.29, 0.717) is 17.8 Å². The maximum absolute atomic E-state index is 13.2. The summed E-state index contributed by atoms with van der Waals surface area (Å²) in [6.07, 6.45) is 11.0. The first-order chi connectivity index (χ1) is 11.2. The number of aliphatic hydroxyl groups is 1. The van der Waals surface area contributed by atoms with Gasteiger partial charge in [-0.1, -0.05) is 44.7 Å². The van der Waals surface area contributed by atoms with Crippen molar-refractivity contribution in [3.05, 3.63) is 47.5 Å². The molecular formula is C21H31FO. The third kappa shape index (κ3) is 5.09. The van der Waals surface area contributed by atoms with Crippen LogP contribution in [0.2, 0.25) is 0 Å². The number of hydrogen-bond donors (Lipinski definition) is 1. The second-order valence-electron chi connectivity index (χ2n) is 7.17. The van der Waals surface area contributed by atoms with Crippen molar-refractivity contribution in [2.24, 2.45) is 11.8 Å². The molecular weight excluding hydrogens is 287 g/mol. The van der Waals surface area contributed by atoms with Crippen LogP contribution in [0, 0.1) is 17.7 Å². The summed E-state index contributed by atoms with van der Waals surface area (Å²) < 4.78 is 13.2. The minimum absolute atomic E-state index is 0.144. The topological polar surface area (TPSA) is 20.2 Å². The molecule has 0 aliphatic heterocycles. The Kier molecular flexibility index (Phi) is 7.14. The van der Waals surface area contributed by atoms with E-state index in [1.165, 1.54) is 50.4 Å². The Morgan fingerprint density at radius 3 is 2.65 bits per heavy atom. The van der Waals surface area contributed by atoms with Gasteiger partial charge in [0.05, 0.1) is 6.26 Å². The molecule has 1 aliphatic carbocycles. The molecule has 23 heavy (non-hydrogen) atoms. The zero-order valence-corrected chi connectivity index (χ0v) is 14.6. The van der Waals surface area contributed by atoms with Crippen molar-refractivity contribution in [2.45, 2.75) is 71.1 Å². The van der Waals surface area contributed by atoms with Crippen molar-refractivity contribution in [1.82, 2.24) is 0 Å².